The third-order valence-corrected chi connectivity index (χ3v) is 5.62. The van der Waals surface area contributed by atoms with Crippen LogP contribution in [0.15, 0.2) is 44.9 Å². The molecule has 0 amide bonds. The van der Waals surface area contributed by atoms with E-state index < -0.39 is 29.6 Å². The van der Waals surface area contributed by atoms with Crippen molar-refractivity contribution in [3.05, 3.63) is 45.4 Å². The third-order valence-electron chi connectivity index (χ3n) is 4.90. The van der Waals surface area contributed by atoms with Crippen molar-refractivity contribution >= 4 is 23.3 Å². The van der Waals surface area contributed by atoms with E-state index in [4.69, 9.17) is 0 Å². The van der Waals surface area contributed by atoms with Crippen LogP contribution >= 0.6 is 11.8 Å². The predicted molar refractivity (Wildman–Crippen MR) is 102 cm³/mol. The summed E-state index contributed by atoms with van der Waals surface area (Å²) >= 11 is 1.25. The molecule has 0 aromatic carbocycles. The van der Waals surface area contributed by atoms with Gasteiger partial charge >= 0.3 is 11.9 Å². The largest absolute Gasteiger partial charge is 0.412 e. The summed E-state index contributed by atoms with van der Waals surface area (Å²) in [7, 11) is 1.54. The highest BCUT2D eigenvalue weighted by Crippen LogP contribution is 2.34. The minimum absolute atomic E-state index is 0.0153. The Balaban J connectivity index is 1.93. The number of Topliss-reactive ketones (excluding diaryl/α,β-unsaturated/α-hetero) is 2. The number of nitrogens with zero attached hydrogens (tertiary/aromatic N) is 3. The number of aromatic nitrogens is 3. The fourth-order valence-corrected chi connectivity index (χ4v) is 3.58. The van der Waals surface area contributed by atoms with Gasteiger partial charge in [0.15, 0.2) is 10.9 Å². The van der Waals surface area contributed by atoms with Crippen LogP contribution in [-0.2, 0) is 23.2 Å². The topological polar surface area (TPSA) is 74.0 Å². The lowest BCUT2D eigenvalue weighted by molar-refractivity contribution is -0.125. The molecule has 0 aliphatic heterocycles. The van der Waals surface area contributed by atoms with Crippen molar-refractivity contribution in [2.24, 2.45) is 13.0 Å². The van der Waals surface area contributed by atoms with Crippen LogP contribution in [0.1, 0.15) is 25.7 Å². The summed E-state index contributed by atoms with van der Waals surface area (Å²) in [6.45, 7) is -0.151. The third kappa shape index (κ3) is 4.80. The van der Waals surface area contributed by atoms with Crippen LogP contribution in [0, 0.1) is 5.92 Å². The molecule has 0 bridgehead atoms. The summed E-state index contributed by atoms with van der Waals surface area (Å²) in [6, 6.07) is 0. The van der Waals surface area contributed by atoms with Crippen LogP contribution < -0.4 is 5.69 Å². The molecule has 29 heavy (non-hydrogen) atoms. The molecule has 0 N–H and O–H groups in total. The second-order valence-corrected chi connectivity index (χ2v) is 7.80. The Morgan fingerprint density at radius 1 is 1.28 bits per heavy atom. The maximum Gasteiger partial charge on any atom is 0.412 e. The first-order valence-electron chi connectivity index (χ1n) is 9.03. The van der Waals surface area contributed by atoms with Gasteiger partial charge in [0.2, 0.25) is 0 Å². The van der Waals surface area contributed by atoms with E-state index in [1.54, 1.807) is 13.3 Å². The van der Waals surface area contributed by atoms with Gasteiger partial charge in [0, 0.05) is 24.1 Å². The zero-order chi connectivity index (χ0) is 21.3. The van der Waals surface area contributed by atoms with Gasteiger partial charge in [-0.25, -0.2) is 9.48 Å². The first kappa shape index (κ1) is 21.4. The number of hydrogen-bond acceptors (Lipinski definition) is 5. The van der Waals surface area contributed by atoms with Gasteiger partial charge in [0.05, 0.1) is 13.0 Å². The van der Waals surface area contributed by atoms with Crippen LogP contribution in [-0.4, -0.2) is 38.3 Å². The van der Waals surface area contributed by atoms with E-state index in [0.29, 0.717) is 5.16 Å². The zero-order valence-electron chi connectivity index (χ0n) is 16.0. The molecule has 0 saturated heterocycles. The molecule has 1 aromatic heterocycles. The quantitative estimate of drug-likeness (QED) is 0.494. The van der Waals surface area contributed by atoms with E-state index in [9.17, 15) is 27.6 Å². The molecule has 0 atom stereocenters. The fourth-order valence-electron chi connectivity index (χ4n) is 3.05. The average molecular weight is 427 g/mol. The highest BCUT2D eigenvalue weighted by atomic mass is 32.2. The minimum Gasteiger partial charge on any atom is -0.299 e. The predicted octanol–water partition coefficient (Wildman–Crippen LogP) is 2.99. The molecular weight excluding hydrogens is 407 g/mol. The van der Waals surface area contributed by atoms with E-state index in [1.165, 1.54) is 22.4 Å². The SMILES string of the molecule is CSc1nn(CC2=CCC(C(F)(F)F)=CC=C2C(=O)CC(=O)C2CC2)c(=O)n1C. The number of carbonyl (C=O) groups is 2. The van der Waals surface area contributed by atoms with Crippen LogP contribution in [0.5, 0.6) is 0 Å². The van der Waals surface area contributed by atoms with Gasteiger partial charge in [0.1, 0.15) is 5.78 Å². The summed E-state index contributed by atoms with van der Waals surface area (Å²) in [4.78, 5) is 37.1. The lowest BCUT2D eigenvalue weighted by Crippen LogP contribution is -2.25. The van der Waals surface area contributed by atoms with Gasteiger partial charge < -0.3 is 0 Å². The normalized spacial score (nSPS) is 17.3. The van der Waals surface area contributed by atoms with Gasteiger partial charge in [-0.15, -0.1) is 5.10 Å². The second-order valence-electron chi connectivity index (χ2n) is 7.03. The molecular formula is C19H20F3N3O3S. The molecule has 2 aliphatic rings. The Kier molecular flexibility index (Phi) is 6.02. The first-order chi connectivity index (χ1) is 13.6. The number of ketones is 2. The Labute approximate surface area is 169 Å². The lowest BCUT2D eigenvalue weighted by Gasteiger charge is -2.10. The standard InChI is InChI=1S/C19H20F3N3O3S/c1-24-17(29-2)23-25(18(24)28)10-12-5-6-13(19(20,21)22)7-8-14(12)16(27)9-15(26)11-3-4-11/h5,7-8,11H,3-4,6,9-10H2,1-2H3. The summed E-state index contributed by atoms with van der Waals surface area (Å²) in [5.41, 5.74) is -0.975. The molecule has 6 nitrogen and oxygen atoms in total. The number of allylic oxidation sites excluding steroid dienone is 6. The summed E-state index contributed by atoms with van der Waals surface area (Å²) in [6.07, 6.45) is 1.18. The van der Waals surface area contributed by atoms with Gasteiger partial charge in [-0.2, -0.15) is 13.2 Å². The highest BCUT2D eigenvalue weighted by molar-refractivity contribution is 7.98. The molecule has 0 unspecified atom stereocenters. The Morgan fingerprint density at radius 3 is 2.52 bits per heavy atom. The second kappa shape index (κ2) is 8.17. The van der Waals surface area contributed by atoms with Crippen LogP contribution in [0.4, 0.5) is 13.2 Å². The number of thioether (sulfide) groups is 1. The smallest absolute Gasteiger partial charge is 0.299 e. The molecule has 156 valence electrons. The number of rotatable bonds is 7. The lowest BCUT2D eigenvalue weighted by atomic mass is 9.96. The number of halogens is 3. The molecule has 1 aromatic rings. The van der Waals surface area contributed by atoms with Crippen molar-refractivity contribution in [2.45, 2.75) is 43.6 Å². The molecule has 2 aliphatic carbocycles. The van der Waals surface area contributed by atoms with E-state index in [2.05, 4.69) is 5.10 Å². The maximum absolute atomic E-state index is 13.2. The molecule has 1 heterocycles. The average Bonchev–Trinajstić information content (AvgIpc) is 3.46. The number of hydrogen-bond donors (Lipinski definition) is 0. The molecule has 0 radical (unpaired) electrons. The van der Waals surface area contributed by atoms with Crippen LogP contribution in [0.3, 0.4) is 0 Å². The van der Waals surface area contributed by atoms with Crippen molar-refractivity contribution in [3.8, 4) is 0 Å². The molecule has 3 rings (SSSR count). The Bertz CT molecular complexity index is 995. The first-order valence-corrected chi connectivity index (χ1v) is 10.3. The van der Waals surface area contributed by atoms with Crippen molar-refractivity contribution in [1.82, 2.24) is 14.3 Å². The van der Waals surface area contributed by atoms with Crippen molar-refractivity contribution in [1.29, 1.82) is 0 Å². The zero-order valence-corrected chi connectivity index (χ0v) is 16.8. The Hall–Kier alpha value is -2.36. The minimum atomic E-state index is -4.53. The van der Waals surface area contributed by atoms with Crippen molar-refractivity contribution < 1.29 is 22.8 Å². The van der Waals surface area contributed by atoms with Crippen LogP contribution in [0.2, 0.25) is 0 Å². The highest BCUT2D eigenvalue weighted by Gasteiger charge is 2.35. The van der Waals surface area contributed by atoms with E-state index in [-0.39, 0.29) is 35.8 Å². The molecule has 1 fully saturated rings. The van der Waals surface area contributed by atoms with Crippen molar-refractivity contribution in [2.75, 3.05) is 6.26 Å². The fraction of sp³-hybridized carbons (Fsp3) is 0.474. The van der Waals surface area contributed by atoms with E-state index >= 15 is 0 Å². The van der Waals surface area contributed by atoms with Gasteiger partial charge in [0.25, 0.3) is 0 Å². The van der Waals surface area contributed by atoms with Crippen molar-refractivity contribution in [3.63, 3.8) is 0 Å². The molecule has 0 spiro atoms. The summed E-state index contributed by atoms with van der Waals surface area (Å²) in [5.74, 6) is -0.859. The summed E-state index contributed by atoms with van der Waals surface area (Å²) in [5, 5.41) is 4.60. The number of alkyl halides is 3. The Morgan fingerprint density at radius 2 is 1.97 bits per heavy atom. The van der Waals surface area contributed by atoms with Gasteiger partial charge in [-0.05, 0) is 31.1 Å². The number of carbonyl (C=O) groups excluding carboxylic acids is 2. The monoisotopic (exact) mass is 427 g/mol. The maximum atomic E-state index is 13.2. The van der Waals surface area contributed by atoms with E-state index in [0.717, 1.165) is 29.7 Å². The summed E-state index contributed by atoms with van der Waals surface area (Å²) < 4.78 is 41.9. The van der Waals surface area contributed by atoms with Gasteiger partial charge in [-0.3, -0.25) is 14.2 Å². The molecule has 1 saturated carbocycles. The molecule has 10 heteroatoms. The van der Waals surface area contributed by atoms with Gasteiger partial charge in [-0.1, -0.05) is 30.0 Å². The van der Waals surface area contributed by atoms with Crippen LogP contribution in [0.25, 0.3) is 0 Å². The van der Waals surface area contributed by atoms with E-state index in [1.807, 2.05) is 0 Å².